The summed E-state index contributed by atoms with van der Waals surface area (Å²) in [7, 11) is 0. The quantitative estimate of drug-likeness (QED) is 0.469. The van der Waals surface area contributed by atoms with Gasteiger partial charge in [-0.2, -0.15) is 0 Å². The second-order valence-electron chi connectivity index (χ2n) is 4.51. The molecule has 0 saturated carbocycles. The number of aliphatic hydroxyl groups excluding tert-OH is 2. The highest BCUT2D eigenvalue weighted by Crippen LogP contribution is 2.29. The first-order chi connectivity index (χ1) is 8.70. The maximum absolute atomic E-state index is 11.6. The predicted molar refractivity (Wildman–Crippen MR) is 64.1 cm³/mol. The van der Waals surface area contributed by atoms with Gasteiger partial charge in [-0.15, -0.1) is 0 Å². The van der Waals surface area contributed by atoms with Crippen molar-refractivity contribution in [3.05, 3.63) is 28.4 Å². The van der Waals surface area contributed by atoms with Crippen molar-refractivity contribution in [3.63, 3.8) is 0 Å². The molecule has 1 saturated heterocycles. The molecule has 1 aliphatic heterocycles. The van der Waals surface area contributed by atoms with Crippen molar-refractivity contribution in [1.82, 2.24) is 20.3 Å². The van der Waals surface area contributed by atoms with E-state index < -0.39 is 6.10 Å². The normalized spacial score (nSPS) is 28.0. The number of aliphatic hydroxyl groups is 2. The number of nitrogens with zero attached hydrogens (tertiary/aromatic N) is 1. The van der Waals surface area contributed by atoms with Gasteiger partial charge in [0, 0.05) is 17.8 Å². The molecule has 2 aromatic heterocycles. The molecule has 96 valence electrons. The summed E-state index contributed by atoms with van der Waals surface area (Å²) < 4.78 is 0. The Balaban J connectivity index is 2.01. The van der Waals surface area contributed by atoms with Crippen molar-refractivity contribution in [2.75, 3.05) is 6.61 Å². The molecule has 0 bridgehead atoms. The van der Waals surface area contributed by atoms with Crippen LogP contribution in [0.15, 0.2) is 17.3 Å². The molecule has 1 aliphatic rings. The Morgan fingerprint density at radius 1 is 1.44 bits per heavy atom. The fraction of sp³-hybridized carbons (Fsp3) is 0.455. The Morgan fingerprint density at radius 3 is 3.00 bits per heavy atom. The molecule has 7 nitrogen and oxygen atoms in total. The first kappa shape index (κ1) is 11.4. The molecule has 3 atom stereocenters. The van der Waals surface area contributed by atoms with Gasteiger partial charge in [0.05, 0.1) is 25.1 Å². The van der Waals surface area contributed by atoms with Crippen LogP contribution in [0.3, 0.4) is 0 Å². The third-order valence-corrected chi connectivity index (χ3v) is 3.43. The standard InChI is InChI=1S/C11H14N4O3/c16-3-7-8(17)1-6(15-7)5-2-12-10-9(5)13-4-14-11(10)18/h2,4,6-8,12,15-17H,1,3H2,(H,13,14,18)/t6-,7-,8-/m1/s1. The largest absolute Gasteiger partial charge is 0.395 e. The maximum Gasteiger partial charge on any atom is 0.275 e. The number of fused-ring (bicyclic) bond motifs is 1. The van der Waals surface area contributed by atoms with Gasteiger partial charge >= 0.3 is 0 Å². The first-order valence-electron chi connectivity index (χ1n) is 5.80. The summed E-state index contributed by atoms with van der Waals surface area (Å²) in [5.74, 6) is 0. The molecule has 7 heteroatoms. The fourth-order valence-electron chi connectivity index (χ4n) is 2.47. The molecular weight excluding hydrogens is 236 g/mol. The molecular formula is C11H14N4O3. The van der Waals surface area contributed by atoms with Crippen LogP contribution in [0.2, 0.25) is 0 Å². The Hall–Kier alpha value is -1.70. The molecule has 2 aromatic rings. The second kappa shape index (κ2) is 4.20. The van der Waals surface area contributed by atoms with Crippen LogP contribution in [0.4, 0.5) is 0 Å². The minimum atomic E-state index is -0.591. The van der Waals surface area contributed by atoms with E-state index in [9.17, 15) is 9.90 Å². The Morgan fingerprint density at radius 2 is 2.28 bits per heavy atom. The monoisotopic (exact) mass is 250 g/mol. The van der Waals surface area contributed by atoms with Gasteiger partial charge in [-0.1, -0.05) is 0 Å². The highest BCUT2D eigenvalue weighted by molar-refractivity contribution is 5.78. The molecule has 1 fully saturated rings. The van der Waals surface area contributed by atoms with Gasteiger partial charge in [0.2, 0.25) is 0 Å². The topological polar surface area (TPSA) is 114 Å². The van der Waals surface area contributed by atoms with Gasteiger partial charge in [0.25, 0.3) is 5.56 Å². The van der Waals surface area contributed by atoms with Crippen molar-refractivity contribution in [2.24, 2.45) is 0 Å². The van der Waals surface area contributed by atoms with E-state index in [1.807, 2.05) is 0 Å². The van der Waals surface area contributed by atoms with Crippen molar-refractivity contribution in [1.29, 1.82) is 0 Å². The lowest BCUT2D eigenvalue weighted by atomic mass is 10.1. The summed E-state index contributed by atoms with van der Waals surface area (Å²) >= 11 is 0. The summed E-state index contributed by atoms with van der Waals surface area (Å²) in [5.41, 5.74) is 1.65. The average Bonchev–Trinajstić information content (AvgIpc) is 2.93. The van der Waals surface area contributed by atoms with E-state index in [-0.39, 0.29) is 24.2 Å². The van der Waals surface area contributed by atoms with E-state index in [0.717, 1.165) is 5.56 Å². The van der Waals surface area contributed by atoms with Crippen molar-refractivity contribution in [3.8, 4) is 0 Å². The molecule has 0 aromatic carbocycles. The smallest absolute Gasteiger partial charge is 0.275 e. The molecule has 3 rings (SSSR count). The van der Waals surface area contributed by atoms with E-state index in [0.29, 0.717) is 17.5 Å². The van der Waals surface area contributed by atoms with Crippen LogP contribution in [0.1, 0.15) is 18.0 Å². The van der Waals surface area contributed by atoms with Crippen LogP contribution in [0.25, 0.3) is 11.0 Å². The molecule has 0 unspecified atom stereocenters. The van der Waals surface area contributed by atoms with Crippen LogP contribution < -0.4 is 10.9 Å². The zero-order valence-corrected chi connectivity index (χ0v) is 9.55. The van der Waals surface area contributed by atoms with Gasteiger partial charge < -0.3 is 25.5 Å². The summed E-state index contributed by atoms with van der Waals surface area (Å²) in [4.78, 5) is 21.1. The average molecular weight is 250 g/mol. The highest BCUT2D eigenvalue weighted by Gasteiger charge is 2.34. The van der Waals surface area contributed by atoms with Crippen LogP contribution >= 0.6 is 0 Å². The lowest BCUT2D eigenvalue weighted by Gasteiger charge is -2.11. The highest BCUT2D eigenvalue weighted by atomic mass is 16.3. The zero-order valence-electron chi connectivity index (χ0n) is 9.55. The summed E-state index contributed by atoms with van der Waals surface area (Å²) in [6, 6.07) is -0.442. The lowest BCUT2D eigenvalue weighted by molar-refractivity contribution is 0.121. The molecule has 0 spiro atoms. The van der Waals surface area contributed by atoms with Gasteiger partial charge in [-0.05, 0) is 6.42 Å². The molecule has 5 N–H and O–H groups in total. The Bertz CT molecular complexity index is 620. The van der Waals surface area contributed by atoms with E-state index in [1.54, 1.807) is 6.20 Å². The van der Waals surface area contributed by atoms with Crippen molar-refractivity contribution in [2.45, 2.75) is 24.6 Å². The number of hydrogen-bond acceptors (Lipinski definition) is 5. The minimum absolute atomic E-state index is 0.111. The molecule has 0 radical (unpaired) electrons. The number of aromatic amines is 2. The van der Waals surface area contributed by atoms with E-state index in [1.165, 1.54) is 6.33 Å². The number of nitrogens with one attached hydrogen (secondary N) is 3. The number of H-pyrrole nitrogens is 2. The van der Waals surface area contributed by atoms with Crippen molar-refractivity contribution < 1.29 is 10.2 Å². The van der Waals surface area contributed by atoms with Crippen LogP contribution in [-0.4, -0.2) is 43.9 Å². The summed E-state index contributed by atoms with van der Waals surface area (Å²) in [6.07, 6.45) is 2.98. The van der Waals surface area contributed by atoms with Gasteiger partial charge in [0.1, 0.15) is 11.0 Å². The van der Waals surface area contributed by atoms with Crippen LogP contribution in [0, 0.1) is 0 Å². The second-order valence-corrected chi connectivity index (χ2v) is 4.51. The van der Waals surface area contributed by atoms with Gasteiger partial charge in [-0.3, -0.25) is 4.79 Å². The van der Waals surface area contributed by atoms with Crippen LogP contribution in [-0.2, 0) is 0 Å². The summed E-state index contributed by atoms with van der Waals surface area (Å²) in [6.45, 7) is -0.117. The zero-order chi connectivity index (χ0) is 12.7. The first-order valence-corrected chi connectivity index (χ1v) is 5.80. The van der Waals surface area contributed by atoms with E-state index in [2.05, 4.69) is 20.3 Å². The van der Waals surface area contributed by atoms with E-state index >= 15 is 0 Å². The Kier molecular flexibility index (Phi) is 2.66. The third-order valence-electron chi connectivity index (χ3n) is 3.43. The van der Waals surface area contributed by atoms with Crippen molar-refractivity contribution >= 4 is 11.0 Å². The summed E-state index contributed by atoms with van der Waals surface area (Å²) in [5, 5.41) is 22.0. The molecule has 0 amide bonds. The van der Waals surface area contributed by atoms with Gasteiger partial charge in [0.15, 0.2) is 0 Å². The Labute approximate surface area is 102 Å². The maximum atomic E-state index is 11.6. The SMILES string of the molecule is O=c1[nH]cnc2c([C@H]3C[C@@H](O)[C@@H](CO)N3)c[nH]c12. The third kappa shape index (κ3) is 1.64. The van der Waals surface area contributed by atoms with E-state index in [4.69, 9.17) is 5.11 Å². The number of hydrogen-bond donors (Lipinski definition) is 5. The molecule has 18 heavy (non-hydrogen) atoms. The predicted octanol–water partition coefficient (Wildman–Crippen LogP) is -0.993. The fourth-order valence-corrected chi connectivity index (χ4v) is 2.47. The minimum Gasteiger partial charge on any atom is -0.395 e. The van der Waals surface area contributed by atoms with Crippen LogP contribution in [0.5, 0.6) is 0 Å². The van der Waals surface area contributed by atoms with Gasteiger partial charge in [-0.25, -0.2) is 4.98 Å². The molecule has 3 heterocycles. The number of rotatable bonds is 2. The molecule has 0 aliphatic carbocycles. The lowest BCUT2D eigenvalue weighted by Crippen LogP contribution is -2.34. The number of aromatic nitrogens is 3.